The standard InChI is InChI=1S/C16H21N3O2/c1-16(2,9-17)13-7-18-14-4-3-10(6-12(13)14)5-11-8-21-15(20)19-11/h3-4,6-7,11,18H,5,8-9,17H2,1-2H3,(H,19,20)/t11-/m0/s1. The summed E-state index contributed by atoms with van der Waals surface area (Å²) in [7, 11) is 0. The molecular weight excluding hydrogens is 266 g/mol. The number of aromatic nitrogens is 1. The van der Waals surface area contributed by atoms with Crippen LogP contribution in [0.2, 0.25) is 0 Å². The van der Waals surface area contributed by atoms with Crippen molar-refractivity contribution in [3.05, 3.63) is 35.5 Å². The fraction of sp³-hybridized carbons (Fsp3) is 0.438. The highest BCUT2D eigenvalue weighted by Gasteiger charge is 2.24. The molecule has 0 unspecified atom stereocenters. The van der Waals surface area contributed by atoms with Crippen LogP contribution in [0.3, 0.4) is 0 Å². The summed E-state index contributed by atoms with van der Waals surface area (Å²) in [6.07, 6.45) is 2.49. The summed E-state index contributed by atoms with van der Waals surface area (Å²) in [4.78, 5) is 14.4. The normalized spacial score (nSPS) is 18.8. The summed E-state index contributed by atoms with van der Waals surface area (Å²) < 4.78 is 4.93. The smallest absolute Gasteiger partial charge is 0.407 e. The van der Waals surface area contributed by atoms with Crippen molar-refractivity contribution in [2.45, 2.75) is 31.7 Å². The van der Waals surface area contributed by atoms with Gasteiger partial charge in [0, 0.05) is 29.1 Å². The highest BCUT2D eigenvalue weighted by atomic mass is 16.6. The summed E-state index contributed by atoms with van der Waals surface area (Å²) >= 11 is 0. The summed E-state index contributed by atoms with van der Waals surface area (Å²) in [5, 5.41) is 4.01. The Kier molecular flexibility index (Phi) is 3.37. The number of ether oxygens (including phenoxy) is 1. The Labute approximate surface area is 123 Å². The van der Waals surface area contributed by atoms with Crippen LogP contribution >= 0.6 is 0 Å². The first-order valence-electron chi connectivity index (χ1n) is 7.23. The molecule has 0 spiro atoms. The van der Waals surface area contributed by atoms with E-state index in [1.54, 1.807) is 0 Å². The van der Waals surface area contributed by atoms with Crippen molar-refractivity contribution in [1.29, 1.82) is 0 Å². The van der Waals surface area contributed by atoms with Crippen LogP contribution in [-0.2, 0) is 16.6 Å². The second kappa shape index (κ2) is 5.07. The summed E-state index contributed by atoms with van der Waals surface area (Å²) in [5.74, 6) is 0. The Hall–Kier alpha value is -2.01. The minimum absolute atomic E-state index is 0.0554. The fourth-order valence-corrected chi connectivity index (χ4v) is 2.79. The number of rotatable bonds is 4. The molecule has 1 aliphatic rings. The van der Waals surface area contributed by atoms with E-state index >= 15 is 0 Å². The van der Waals surface area contributed by atoms with Crippen molar-refractivity contribution in [2.24, 2.45) is 5.73 Å². The quantitative estimate of drug-likeness (QED) is 0.805. The van der Waals surface area contributed by atoms with E-state index in [1.165, 1.54) is 16.5 Å². The number of nitrogens with two attached hydrogens (primary N) is 1. The minimum Gasteiger partial charge on any atom is -0.447 e. The molecule has 1 fully saturated rings. The number of aromatic amines is 1. The average molecular weight is 287 g/mol. The average Bonchev–Trinajstić information content (AvgIpc) is 3.05. The van der Waals surface area contributed by atoms with E-state index in [0.717, 1.165) is 11.9 Å². The molecule has 4 N–H and O–H groups in total. The molecule has 3 rings (SSSR count). The van der Waals surface area contributed by atoms with Gasteiger partial charge in [0.1, 0.15) is 6.61 Å². The first kappa shape index (κ1) is 13.9. The predicted octanol–water partition coefficient (Wildman–Crippen LogP) is 2.06. The number of hydrogen-bond donors (Lipinski definition) is 3. The Morgan fingerprint density at radius 2 is 2.24 bits per heavy atom. The van der Waals surface area contributed by atoms with Gasteiger partial charge < -0.3 is 20.8 Å². The van der Waals surface area contributed by atoms with E-state index in [9.17, 15) is 4.79 Å². The number of fused-ring (bicyclic) bond motifs is 1. The topological polar surface area (TPSA) is 80.1 Å². The van der Waals surface area contributed by atoms with E-state index in [2.05, 4.69) is 42.3 Å². The molecular formula is C16H21N3O2. The van der Waals surface area contributed by atoms with E-state index in [0.29, 0.717) is 13.2 Å². The van der Waals surface area contributed by atoms with Gasteiger partial charge in [0.15, 0.2) is 0 Å². The Morgan fingerprint density at radius 1 is 1.43 bits per heavy atom. The third kappa shape index (κ3) is 2.61. The lowest BCUT2D eigenvalue weighted by Crippen LogP contribution is -2.28. The van der Waals surface area contributed by atoms with Gasteiger partial charge in [0.2, 0.25) is 0 Å². The van der Waals surface area contributed by atoms with Crippen molar-refractivity contribution in [3.8, 4) is 0 Å². The number of carbonyl (C=O) groups is 1. The molecule has 112 valence electrons. The zero-order chi connectivity index (χ0) is 15.0. The third-order valence-electron chi connectivity index (χ3n) is 4.21. The van der Waals surface area contributed by atoms with Crippen LogP contribution in [0.15, 0.2) is 24.4 Å². The molecule has 1 atom stereocenters. The summed E-state index contributed by atoms with van der Waals surface area (Å²) in [6, 6.07) is 6.41. The molecule has 5 nitrogen and oxygen atoms in total. The number of benzene rings is 1. The molecule has 21 heavy (non-hydrogen) atoms. The number of hydrogen-bond acceptors (Lipinski definition) is 3. The molecule has 1 saturated heterocycles. The number of cyclic esters (lactones) is 1. The second-order valence-corrected chi connectivity index (χ2v) is 6.31. The van der Waals surface area contributed by atoms with Crippen molar-refractivity contribution in [2.75, 3.05) is 13.2 Å². The van der Waals surface area contributed by atoms with Gasteiger partial charge in [0.05, 0.1) is 6.04 Å². The van der Waals surface area contributed by atoms with Gasteiger partial charge in [-0.1, -0.05) is 19.9 Å². The van der Waals surface area contributed by atoms with E-state index in [-0.39, 0.29) is 17.6 Å². The van der Waals surface area contributed by atoms with E-state index in [4.69, 9.17) is 10.5 Å². The van der Waals surface area contributed by atoms with Crippen LogP contribution in [0.4, 0.5) is 4.79 Å². The molecule has 2 heterocycles. The van der Waals surface area contributed by atoms with Crippen molar-refractivity contribution in [1.82, 2.24) is 10.3 Å². The molecule has 0 saturated carbocycles. The minimum atomic E-state index is -0.326. The van der Waals surface area contributed by atoms with Crippen LogP contribution < -0.4 is 11.1 Å². The van der Waals surface area contributed by atoms with Gasteiger partial charge in [-0.15, -0.1) is 0 Å². The van der Waals surface area contributed by atoms with Gasteiger partial charge in [-0.05, 0) is 29.7 Å². The van der Waals surface area contributed by atoms with Crippen LogP contribution in [0.25, 0.3) is 10.9 Å². The van der Waals surface area contributed by atoms with E-state index in [1.807, 2.05) is 6.20 Å². The van der Waals surface area contributed by atoms with Gasteiger partial charge in [-0.3, -0.25) is 0 Å². The Bertz CT molecular complexity index is 675. The molecule has 1 aromatic carbocycles. The number of H-pyrrole nitrogens is 1. The zero-order valence-corrected chi connectivity index (χ0v) is 12.4. The molecule has 1 aliphatic heterocycles. The highest BCUT2D eigenvalue weighted by Crippen LogP contribution is 2.30. The lowest BCUT2D eigenvalue weighted by molar-refractivity contribution is 0.177. The maximum Gasteiger partial charge on any atom is 0.407 e. The van der Waals surface area contributed by atoms with Crippen molar-refractivity contribution in [3.63, 3.8) is 0 Å². The number of carbonyl (C=O) groups excluding carboxylic acids is 1. The largest absolute Gasteiger partial charge is 0.447 e. The van der Waals surface area contributed by atoms with Gasteiger partial charge in [-0.25, -0.2) is 4.79 Å². The molecule has 0 radical (unpaired) electrons. The second-order valence-electron chi connectivity index (χ2n) is 6.31. The molecule has 5 heteroatoms. The Morgan fingerprint density at radius 3 is 2.90 bits per heavy atom. The number of nitrogens with one attached hydrogen (secondary N) is 2. The molecule has 1 aromatic heterocycles. The fourth-order valence-electron chi connectivity index (χ4n) is 2.79. The molecule has 2 aromatic rings. The maximum atomic E-state index is 11.1. The van der Waals surface area contributed by atoms with Gasteiger partial charge >= 0.3 is 6.09 Å². The molecule has 0 bridgehead atoms. The third-order valence-corrected chi connectivity index (χ3v) is 4.21. The number of alkyl carbamates (subject to hydrolysis) is 1. The predicted molar refractivity (Wildman–Crippen MR) is 82.4 cm³/mol. The van der Waals surface area contributed by atoms with Crippen LogP contribution in [0, 0.1) is 0 Å². The van der Waals surface area contributed by atoms with Crippen molar-refractivity contribution < 1.29 is 9.53 Å². The van der Waals surface area contributed by atoms with Crippen LogP contribution in [-0.4, -0.2) is 30.3 Å². The lowest BCUT2D eigenvalue weighted by atomic mass is 9.84. The first-order valence-corrected chi connectivity index (χ1v) is 7.23. The monoisotopic (exact) mass is 287 g/mol. The van der Waals surface area contributed by atoms with Crippen LogP contribution in [0.1, 0.15) is 25.0 Å². The van der Waals surface area contributed by atoms with Gasteiger partial charge in [0.25, 0.3) is 0 Å². The Balaban J connectivity index is 1.91. The highest BCUT2D eigenvalue weighted by molar-refractivity contribution is 5.85. The number of amides is 1. The van der Waals surface area contributed by atoms with E-state index < -0.39 is 0 Å². The van der Waals surface area contributed by atoms with Crippen LogP contribution in [0.5, 0.6) is 0 Å². The summed E-state index contributed by atoms with van der Waals surface area (Å²) in [6.45, 7) is 5.32. The van der Waals surface area contributed by atoms with Crippen molar-refractivity contribution >= 4 is 17.0 Å². The lowest BCUT2D eigenvalue weighted by Gasteiger charge is -2.22. The summed E-state index contributed by atoms with van der Waals surface area (Å²) in [5.41, 5.74) is 9.36. The van der Waals surface area contributed by atoms with Gasteiger partial charge in [-0.2, -0.15) is 0 Å². The first-order chi connectivity index (χ1) is 9.99. The SMILES string of the molecule is CC(C)(CN)c1c[nH]c2ccc(C[C@H]3COC(=O)N3)cc12. The molecule has 1 amide bonds. The maximum absolute atomic E-state index is 11.1. The molecule has 0 aliphatic carbocycles. The zero-order valence-electron chi connectivity index (χ0n) is 12.4.